The molecule has 1 aliphatic carbocycles. The molecule has 2 heterocycles. The number of ketones is 2. The van der Waals surface area contributed by atoms with Crippen molar-refractivity contribution in [1.82, 2.24) is 0 Å². The van der Waals surface area contributed by atoms with Gasteiger partial charge in [0.1, 0.15) is 5.75 Å². The largest absolute Gasteiger partial charge is 0.492 e. The molecule has 7 nitrogen and oxygen atoms in total. The normalized spacial score (nSPS) is 23.9. The number of halogens is 1. The van der Waals surface area contributed by atoms with Crippen LogP contribution in [0.25, 0.3) is 0 Å². The lowest BCUT2D eigenvalue weighted by molar-refractivity contribution is -0.127. The lowest BCUT2D eigenvalue weighted by Gasteiger charge is -2.27. The molecule has 0 aromatic heterocycles. The van der Waals surface area contributed by atoms with Crippen molar-refractivity contribution in [2.45, 2.75) is 18.6 Å². The molecule has 0 N–H and O–H groups in total. The highest BCUT2D eigenvalue weighted by Crippen LogP contribution is 2.58. The Morgan fingerprint density at radius 2 is 1.47 bits per heavy atom. The number of ether oxygens (including phenoxy) is 2. The molecule has 0 unspecified atom stereocenters. The smallest absolute Gasteiger partial charge is 0.241 e. The summed E-state index contributed by atoms with van der Waals surface area (Å²) in [4.78, 5) is 56.6. The Hall–Kier alpha value is -3.81. The number of para-hydroxylation sites is 2. The lowest BCUT2D eigenvalue weighted by atomic mass is 9.77. The summed E-state index contributed by atoms with van der Waals surface area (Å²) >= 11 is 6.07. The van der Waals surface area contributed by atoms with Gasteiger partial charge in [0.25, 0.3) is 0 Å². The van der Waals surface area contributed by atoms with Crippen LogP contribution in [0.4, 0.5) is 5.69 Å². The summed E-state index contributed by atoms with van der Waals surface area (Å²) in [5.41, 5.74) is -0.938. The van der Waals surface area contributed by atoms with Crippen LogP contribution in [0.2, 0.25) is 5.02 Å². The summed E-state index contributed by atoms with van der Waals surface area (Å²) in [7, 11) is 0. The predicted octanol–water partition coefficient (Wildman–Crippen LogP) is 4.43. The van der Waals surface area contributed by atoms with Crippen molar-refractivity contribution in [3.63, 3.8) is 0 Å². The van der Waals surface area contributed by atoms with E-state index in [4.69, 9.17) is 21.1 Å². The van der Waals surface area contributed by atoms with E-state index in [1.165, 1.54) is 0 Å². The van der Waals surface area contributed by atoms with Crippen LogP contribution in [0, 0.1) is 11.8 Å². The molecule has 3 aromatic rings. The maximum absolute atomic E-state index is 14.0. The maximum Gasteiger partial charge on any atom is 0.241 e. The van der Waals surface area contributed by atoms with Gasteiger partial charge in [0, 0.05) is 16.1 Å². The van der Waals surface area contributed by atoms with Gasteiger partial charge in [-0.25, -0.2) is 4.90 Å². The number of imide groups is 1. The molecule has 180 valence electrons. The summed E-state index contributed by atoms with van der Waals surface area (Å²) in [6.07, 6.45) is -1.00. The van der Waals surface area contributed by atoms with Crippen LogP contribution < -0.4 is 9.64 Å². The van der Waals surface area contributed by atoms with Gasteiger partial charge in [-0.2, -0.15) is 0 Å². The first-order chi connectivity index (χ1) is 17.4. The van der Waals surface area contributed by atoms with Gasteiger partial charge in [-0.1, -0.05) is 60.1 Å². The number of rotatable bonds is 4. The van der Waals surface area contributed by atoms with Crippen LogP contribution in [0.1, 0.15) is 39.3 Å². The number of Topliss-reactive ketones (excluding diaryl/α,β-unsaturated/α-hetero) is 2. The van der Waals surface area contributed by atoms with E-state index < -0.39 is 46.9 Å². The zero-order valence-corrected chi connectivity index (χ0v) is 19.9. The van der Waals surface area contributed by atoms with Crippen LogP contribution in [0.5, 0.6) is 5.75 Å². The standard InChI is InChI=1S/C28H20ClNO6/c1-2-35-20-10-6-5-9-19(20)30-26(33)21-22(27(30)34)28(36-23(21)15-11-13-16(29)14-12-15)24(31)17-7-3-4-8-18(17)25(28)32/h3-14,21-23H,2H2,1H3/t21-,22+,23+/m1/s1. The molecule has 2 fully saturated rings. The Bertz CT molecular complexity index is 1410. The summed E-state index contributed by atoms with van der Waals surface area (Å²) in [6, 6.07) is 19.7. The fourth-order valence-corrected chi connectivity index (χ4v) is 5.75. The van der Waals surface area contributed by atoms with Crippen molar-refractivity contribution in [3.8, 4) is 5.75 Å². The number of anilines is 1. The number of carbonyl (C=O) groups excluding carboxylic acids is 4. The Morgan fingerprint density at radius 1 is 0.861 bits per heavy atom. The minimum Gasteiger partial charge on any atom is -0.492 e. The molecule has 1 spiro atoms. The Morgan fingerprint density at radius 3 is 2.11 bits per heavy atom. The maximum atomic E-state index is 14.0. The number of benzene rings is 3. The van der Waals surface area contributed by atoms with Crippen molar-refractivity contribution in [1.29, 1.82) is 0 Å². The van der Waals surface area contributed by atoms with Crippen molar-refractivity contribution in [3.05, 3.63) is 94.5 Å². The van der Waals surface area contributed by atoms with E-state index in [2.05, 4.69) is 0 Å². The number of hydrogen-bond acceptors (Lipinski definition) is 6. The summed E-state index contributed by atoms with van der Waals surface area (Å²) in [6.45, 7) is 2.12. The minimum atomic E-state index is -2.12. The molecule has 3 atom stereocenters. The van der Waals surface area contributed by atoms with E-state index in [9.17, 15) is 19.2 Å². The third-order valence-electron chi connectivity index (χ3n) is 7.12. The number of carbonyl (C=O) groups is 4. The molecule has 3 aliphatic rings. The van der Waals surface area contributed by atoms with Gasteiger partial charge >= 0.3 is 0 Å². The van der Waals surface area contributed by atoms with Gasteiger partial charge in [0.05, 0.1) is 30.2 Å². The summed E-state index contributed by atoms with van der Waals surface area (Å²) in [5, 5.41) is 0.476. The van der Waals surface area contributed by atoms with Crippen molar-refractivity contribution in [2.75, 3.05) is 11.5 Å². The van der Waals surface area contributed by atoms with Gasteiger partial charge in [0.15, 0.2) is 0 Å². The summed E-state index contributed by atoms with van der Waals surface area (Å²) in [5.74, 6) is -4.48. The molecular weight excluding hydrogens is 482 g/mol. The molecule has 3 aromatic carbocycles. The van der Waals surface area contributed by atoms with Gasteiger partial charge in [0.2, 0.25) is 29.0 Å². The summed E-state index contributed by atoms with van der Waals surface area (Å²) < 4.78 is 11.9. The van der Waals surface area contributed by atoms with Gasteiger partial charge in [-0.15, -0.1) is 0 Å². The fraction of sp³-hybridized carbons (Fsp3) is 0.214. The molecule has 0 bridgehead atoms. The topological polar surface area (TPSA) is 90.0 Å². The molecule has 36 heavy (non-hydrogen) atoms. The number of fused-ring (bicyclic) bond motifs is 3. The van der Waals surface area contributed by atoms with Crippen molar-refractivity contribution >= 4 is 40.7 Å². The van der Waals surface area contributed by atoms with E-state index in [1.807, 2.05) is 0 Å². The highest BCUT2D eigenvalue weighted by Gasteiger charge is 2.74. The fourth-order valence-electron chi connectivity index (χ4n) is 5.63. The van der Waals surface area contributed by atoms with Crippen LogP contribution in [-0.2, 0) is 14.3 Å². The predicted molar refractivity (Wildman–Crippen MR) is 130 cm³/mol. The van der Waals surface area contributed by atoms with E-state index in [-0.39, 0.29) is 16.8 Å². The van der Waals surface area contributed by atoms with E-state index in [0.717, 1.165) is 4.90 Å². The van der Waals surface area contributed by atoms with Gasteiger partial charge < -0.3 is 9.47 Å². The van der Waals surface area contributed by atoms with Crippen LogP contribution in [-0.4, -0.2) is 35.6 Å². The SMILES string of the molecule is CCOc1ccccc1N1C(=O)[C@@H]2[C@@H](C1=O)C1(O[C@H]2c2ccc(Cl)cc2)C(=O)c2ccccc2C1=O. The van der Waals surface area contributed by atoms with Gasteiger partial charge in [-0.3, -0.25) is 19.2 Å². The first kappa shape index (κ1) is 22.6. The van der Waals surface area contributed by atoms with Crippen LogP contribution >= 0.6 is 11.6 Å². The first-order valence-electron chi connectivity index (χ1n) is 11.6. The second-order valence-electron chi connectivity index (χ2n) is 8.95. The van der Waals surface area contributed by atoms with E-state index >= 15 is 0 Å². The third-order valence-corrected chi connectivity index (χ3v) is 7.38. The van der Waals surface area contributed by atoms with Crippen molar-refractivity contribution < 1.29 is 28.7 Å². The van der Waals surface area contributed by atoms with E-state index in [1.54, 1.807) is 79.7 Å². The first-order valence-corrected chi connectivity index (χ1v) is 12.0. The molecule has 0 saturated carbocycles. The zero-order chi connectivity index (χ0) is 25.2. The molecule has 6 rings (SSSR count). The monoisotopic (exact) mass is 501 g/mol. The average Bonchev–Trinajstić information content (AvgIpc) is 3.45. The third kappa shape index (κ3) is 2.90. The molecule has 2 aliphatic heterocycles. The Balaban J connectivity index is 1.54. The highest BCUT2D eigenvalue weighted by molar-refractivity contribution is 6.37. The molecular formula is C28H20ClNO6. The highest BCUT2D eigenvalue weighted by atomic mass is 35.5. The number of nitrogens with zero attached hydrogens (tertiary/aromatic N) is 1. The Labute approximate surface area is 211 Å². The molecule has 0 radical (unpaired) electrons. The second kappa shape index (κ2) is 8.11. The quantitative estimate of drug-likeness (QED) is 0.388. The average molecular weight is 502 g/mol. The lowest BCUT2D eigenvalue weighted by Crippen LogP contribution is -2.51. The number of amides is 2. The number of hydrogen-bond donors (Lipinski definition) is 0. The molecule has 8 heteroatoms. The zero-order valence-electron chi connectivity index (χ0n) is 19.1. The molecule has 2 saturated heterocycles. The molecule has 2 amide bonds. The van der Waals surface area contributed by atoms with Crippen LogP contribution in [0.15, 0.2) is 72.8 Å². The van der Waals surface area contributed by atoms with Crippen LogP contribution in [0.3, 0.4) is 0 Å². The minimum absolute atomic E-state index is 0.187. The van der Waals surface area contributed by atoms with Gasteiger partial charge in [-0.05, 0) is 36.8 Å². The van der Waals surface area contributed by atoms with Crippen molar-refractivity contribution in [2.24, 2.45) is 11.8 Å². The Kier molecular flexibility index (Phi) is 5.10. The second-order valence-corrected chi connectivity index (χ2v) is 9.38. The van der Waals surface area contributed by atoms with E-state index in [0.29, 0.717) is 22.9 Å².